The van der Waals surface area contributed by atoms with Crippen LogP contribution in [-0.4, -0.2) is 62.3 Å². The van der Waals surface area contributed by atoms with Gasteiger partial charge in [0.05, 0.1) is 6.33 Å². The van der Waals surface area contributed by atoms with Crippen molar-refractivity contribution in [3.8, 4) is 0 Å². The Kier molecular flexibility index (Phi) is 6.87. The largest absolute Gasteiger partial charge is 0.463 e. The summed E-state index contributed by atoms with van der Waals surface area (Å²) < 4.78 is 37.0. The van der Waals surface area contributed by atoms with Gasteiger partial charge >= 0.3 is 17.9 Å². The fourth-order valence-corrected chi connectivity index (χ4v) is 3.75. The molecule has 1 aromatic carbocycles. The molecule has 1 fully saturated rings. The van der Waals surface area contributed by atoms with Crippen LogP contribution in [0.15, 0.2) is 36.9 Å². The number of halogens is 1. The van der Waals surface area contributed by atoms with E-state index in [-0.39, 0.29) is 6.61 Å². The number of hydrogen-bond donors (Lipinski definition) is 1. The van der Waals surface area contributed by atoms with Crippen LogP contribution in [0.3, 0.4) is 0 Å². The number of esters is 3. The zero-order valence-electron chi connectivity index (χ0n) is 19.0. The van der Waals surface area contributed by atoms with Crippen LogP contribution in [0, 0.1) is 5.82 Å². The van der Waals surface area contributed by atoms with Crippen molar-refractivity contribution >= 4 is 40.6 Å². The zero-order valence-corrected chi connectivity index (χ0v) is 19.0. The maximum absolute atomic E-state index is 13.6. The minimum absolute atomic E-state index is 0.241. The van der Waals surface area contributed by atoms with Crippen molar-refractivity contribution in [1.82, 2.24) is 19.5 Å². The van der Waals surface area contributed by atoms with Gasteiger partial charge in [-0.05, 0) is 18.2 Å². The number of carbonyl (C=O) groups is 3. The first-order chi connectivity index (χ1) is 16.7. The number of rotatable bonds is 7. The summed E-state index contributed by atoms with van der Waals surface area (Å²) in [6.07, 6.45) is -1.44. The van der Waals surface area contributed by atoms with Crippen LogP contribution in [0.4, 0.5) is 15.9 Å². The van der Waals surface area contributed by atoms with Crippen LogP contribution < -0.4 is 5.32 Å². The van der Waals surface area contributed by atoms with E-state index in [0.717, 1.165) is 0 Å². The number of fused-ring (bicyclic) bond motifs is 1. The third kappa shape index (κ3) is 5.35. The van der Waals surface area contributed by atoms with Crippen molar-refractivity contribution in [2.24, 2.45) is 0 Å². The summed E-state index contributed by atoms with van der Waals surface area (Å²) >= 11 is 0. The van der Waals surface area contributed by atoms with Crippen LogP contribution in [0.5, 0.6) is 0 Å². The van der Waals surface area contributed by atoms with Gasteiger partial charge in [-0.15, -0.1) is 0 Å². The number of nitrogens with zero attached hydrogens (tertiary/aromatic N) is 4. The summed E-state index contributed by atoms with van der Waals surface area (Å²) in [4.78, 5) is 47.8. The van der Waals surface area contributed by atoms with E-state index >= 15 is 0 Å². The lowest BCUT2D eigenvalue weighted by atomic mass is 10.1. The molecule has 1 saturated heterocycles. The number of carbonyl (C=O) groups excluding carboxylic acids is 3. The van der Waals surface area contributed by atoms with Gasteiger partial charge in [0.25, 0.3) is 0 Å². The monoisotopic (exact) mass is 487 g/mol. The number of ether oxygens (including phenoxy) is 4. The number of imidazole rings is 1. The van der Waals surface area contributed by atoms with E-state index in [9.17, 15) is 18.8 Å². The van der Waals surface area contributed by atoms with Gasteiger partial charge in [0, 0.05) is 26.5 Å². The Labute approximate surface area is 198 Å². The standard InChI is InChI=1S/C22H22FN5O7/c1-11(29)32-8-16-18(33-12(2)30)19(34-13(3)31)22(35-16)28-10-26-17-20(24-9-25-21(17)28)27-15-6-4-5-14(23)7-15/h4-7,9-10,16,18-19,22H,8H2,1-3H3,(H,24,25,27)/t16-,18-,19-,22-/m1/s1. The highest BCUT2D eigenvalue weighted by molar-refractivity contribution is 5.85. The van der Waals surface area contributed by atoms with Crippen molar-refractivity contribution in [3.05, 3.63) is 42.7 Å². The Morgan fingerprint density at radius 1 is 1.06 bits per heavy atom. The Balaban J connectivity index is 1.71. The van der Waals surface area contributed by atoms with Crippen molar-refractivity contribution in [1.29, 1.82) is 0 Å². The molecule has 0 amide bonds. The predicted molar refractivity (Wildman–Crippen MR) is 117 cm³/mol. The molecule has 0 aliphatic carbocycles. The Hall–Kier alpha value is -4.13. The second-order valence-corrected chi connectivity index (χ2v) is 7.70. The molecule has 1 N–H and O–H groups in total. The molecule has 0 radical (unpaired) electrons. The number of anilines is 2. The molecule has 3 heterocycles. The van der Waals surface area contributed by atoms with Crippen LogP contribution >= 0.6 is 0 Å². The van der Waals surface area contributed by atoms with Gasteiger partial charge in [-0.1, -0.05) is 6.07 Å². The fraction of sp³-hybridized carbons (Fsp3) is 0.364. The molecule has 2 aromatic heterocycles. The summed E-state index contributed by atoms with van der Waals surface area (Å²) in [5, 5.41) is 2.99. The van der Waals surface area contributed by atoms with Crippen molar-refractivity contribution in [2.75, 3.05) is 11.9 Å². The van der Waals surface area contributed by atoms with E-state index in [1.807, 2.05) is 0 Å². The van der Waals surface area contributed by atoms with Crippen LogP contribution in [0.2, 0.25) is 0 Å². The molecule has 1 aliphatic heterocycles. The average molecular weight is 487 g/mol. The van der Waals surface area contributed by atoms with Gasteiger partial charge in [0.1, 0.15) is 24.9 Å². The molecule has 35 heavy (non-hydrogen) atoms. The molecule has 3 aromatic rings. The van der Waals surface area contributed by atoms with E-state index in [0.29, 0.717) is 22.7 Å². The van der Waals surface area contributed by atoms with Gasteiger partial charge < -0.3 is 24.3 Å². The van der Waals surface area contributed by atoms with Crippen LogP contribution in [0.1, 0.15) is 27.0 Å². The lowest BCUT2D eigenvalue weighted by Gasteiger charge is -2.23. The molecule has 0 bridgehead atoms. The molecule has 0 unspecified atom stereocenters. The SMILES string of the molecule is CC(=O)OC[C@H]1O[C@@H](n2cnc3c(Nc4cccc(F)c4)ncnc32)[C@H](OC(C)=O)[C@@H]1OC(C)=O. The lowest BCUT2D eigenvalue weighted by molar-refractivity contribution is -0.166. The van der Waals surface area contributed by atoms with E-state index in [1.54, 1.807) is 12.1 Å². The first-order valence-electron chi connectivity index (χ1n) is 10.6. The molecular weight excluding hydrogens is 465 g/mol. The van der Waals surface area contributed by atoms with E-state index in [2.05, 4.69) is 20.3 Å². The smallest absolute Gasteiger partial charge is 0.303 e. The third-order valence-electron chi connectivity index (χ3n) is 5.06. The van der Waals surface area contributed by atoms with E-state index in [4.69, 9.17) is 18.9 Å². The second kappa shape index (κ2) is 10.0. The summed E-state index contributed by atoms with van der Waals surface area (Å²) in [6, 6.07) is 5.82. The number of aromatic nitrogens is 4. The summed E-state index contributed by atoms with van der Waals surface area (Å²) in [7, 11) is 0. The fourth-order valence-electron chi connectivity index (χ4n) is 3.75. The normalized spacial score (nSPS) is 21.5. The van der Waals surface area contributed by atoms with E-state index in [1.165, 1.54) is 50.1 Å². The number of nitrogens with one attached hydrogen (secondary N) is 1. The maximum Gasteiger partial charge on any atom is 0.303 e. The Morgan fingerprint density at radius 2 is 1.80 bits per heavy atom. The Bertz CT molecular complexity index is 1270. The second-order valence-electron chi connectivity index (χ2n) is 7.70. The van der Waals surface area contributed by atoms with E-state index < -0.39 is 48.3 Å². The van der Waals surface area contributed by atoms with Gasteiger partial charge in [0.2, 0.25) is 0 Å². The highest BCUT2D eigenvalue weighted by atomic mass is 19.1. The van der Waals surface area contributed by atoms with Crippen molar-refractivity contribution < 1.29 is 37.7 Å². The number of benzene rings is 1. The molecule has 4 rings (SSSR count). The molecule has 4 atom stereocenters. The highest BCUT2D eigenvalue weighted by Crippen LogP contribution is 2.36. The maximum atomic E-state index is 13.6. The predicted octanol–water partition coefficient (Wildman–Crippen LogP) is 2.03. The average Bonchev–Trinajstić information content (AvgIpc) is 3.34. The molecule has 1 aliphatic rings. The van der Waals surface area contributed by atoms with Crippen LogP contribution in [-0.2, 0) is 33.3 Å². The molecule has 12 nitrogen and oxygen atoms in total. The minimum Gasteiger partial charge on any atom is -0.463 e. The first kappa shape index (κ1) is 24.0. The Morgan fingerprint density at radius 3 is 2.49 bits per heavy atom. The van der Waals surface area contributed by atoms with Gasteiger partial charge in [0.15, 0.2) is 35.4 Å². The molecule has 13 heteroatoms. The molecule has 0 saturated carbocycles. The van der Waals surface area contributed by atoms with Gasteiger partial charge in [-0.3, -0.25) is 19.0 Å². The van der Waals surface area contributed by atoms with Gasteiger partial charge in [-0.25, -0.2) is 19.3 Å². The van der Waals surface area contributed by atoms with Crippen molar-refractivity contribution in [3.63, 3.8) is 0 Å². The summed E-state index contributed by atoms with van der Waals surface area (Å²) in [6.45, 7) is 3.39. The summed E-state index contributed by atoms with van der Waals surface area (Å²) in [5.74, 6) is -1.96. The lowest BCUT2D eigenvalue weighted by Crippen LogP contribution is -2.40. The van der Waals surface area contributed by atoms with Crippen molar-refractivity contribution in [2.45, 2.75) is 45.3 Å². The summed E-state index contributed by atoms with van der Waals surface area (Å²) in [5.41, 5.74) is 1.08. The quantitative estimate of drug-likeness (QED) is 0.386. The number of hydrogen-bond acceptors (Lipinski definition) is 11. The van der Waals surface area contributed by atoms with Crippen LogP contribution in [0.25, 0.3) is 11.2 Å². The topological polar surface area (TPSA) is 144 Å². The zero-order chi connectivity index (χ0) is 25.1. The third-order valence-corrected chi connectivity index (χ3v) is 5.06. The molecule has 0 spiro atoms. The molecule has 184 valence electrons. The highest BCUT2D eigenvalue weighted by Gasteiger charge is 2.51. The molecular formula is C22H22FN5O7. The first-order valence-corrected chi connectivity index (χ1v) is 10.6. The minimum atomic E-state index is -1.09. The van der Waals surface area contributed by atoms with Gasteiger partial charge in [-0.2, -0.15) is 0 Å².